The molecule has 57 heavy (non-hydrogen) atoms. The van der Waals surface area contributed by atoms with Crippen LogP contribution >= 0.6 is 0 Å². The molecule has 0 radical (unpaired) electrons. The molecule has 0 saturated heterocycles. The Labute approximate surface area is 332 Å². The summed E-state index contributed by atoms with van der Waals surface area (Å²) in [5.41, 5.74) is 8.81. The zero-order chi connectivity index (χ0) is 39.4. The highest BCUT2D eigenvalue weighted by atomic mass is 16.6. The summed E-state index contributed by atoms with van der Waals surface area (Å²) < 4.78 is 23.9. The number of aromatic amines is 1. The third kappa shape index (κ3) is 10.3. The lowest BCUT2D eigenvalue weighted by atomic mass is 9.95. The van der Waals surface area contributed by atoms with E-state index in [1.807, 2.05) is 37.3 Å². The largest absolute Gasteiger partial charge is 0.508 e. The van der Waals surface area contributed by atoms with Crippen LogP contribution in [0.3, 0.4) is 0 Å². The second kappa shape index (κ2) is 19.6. The fourth-order valence-corrected chi connectivity index (χ4v) is 7.30. The number of aromatic nitrogens is 2. The van der Waals surface area contributed by atoms with E-state index in [1.165, 1.54) is 0 Å². The van der Waals surface area contributed by atoms with Crippen molar-refractivity contribution in [2.24, 2.45) is 0 Å². The summed E-state index contributed by atoms with van der Waals surface area (Å²) in [6, 6.07) is 29.6. The number of hydrogen-bond donors (Lipinski definition) is 5. The van der Waals surface area contributed by atoms with Crippen LogP contribution in [-0.4, -0.2) is 79.3 Å². The van der Waals surface area contributed by atoms with Gasteiger partial charge in [-0.3, -0.25) is 9.59 Å². The van der Waals surface area contributed by atoms with Crippen LogP contribution in [0.4, 0.5) is 0 Å². The molecule has 6 aromatic rings. The number of benzene rings is 4. The Morgan fingerprint density at radius 3 is 2.35 bits per heavy atom. The van der Waals surface area contributed by atoms with Gasteiger partial charge in [0.1, 0.15) is 5.75 Å². The van der Waals surface area contributed by atoms with Crippen molar-refractivity contribution in [2.75, 3.05) is 52.9 Å². The normalized spacial score (nSPS) is 13.7. The van der Waals surface area contributed by atoms with Gasteiger partial charge in [0, 0.05) is 78.6 Å². The van der Waals surface area contributed by atoms with E-state index in [9.17, 15) is 14.7 Å². The number of carbonyl (C=O) groups is 2. The highest BCUT2D eigenvalue weighted by Crippen LogP contribution is 2.38. The summed E-state index contributed by atoms with van der Waals surface area (Å²) >= 11 is 0. The van der Waals surface area contributed by atoms with E-state index in [1.54, 1.807) is 18.2 Å². The number of aromatic hydroxyl groups is 1. The molecule has 12 heteroatoms. The van der Waals surface area contributed by atoms with Crippen molar-refractivity contribution < 1.29 is 33.6 Å². The molecule has 298 valence electrons. The summed E-state index contributed by atoms with van der Waals surface area (Å²) in [5.74, 6) is -0.0657. The molecule has 0 bridgehead atoms. The fraction of sp³-hybridized carbons (Fsp3) is 0.333. The quantitative estimate of drug-likeness (QED) is 0.0521. The number of rotatable bonds is 22. The topological polar surface area (TPSA) is 148 Å². The highest BCUT2D eigenvalue weighted by Gasteiger charge is 2.33. The number of H-pyrrole nitrogens is 1. The van der Waals surface area contributed by atoms with Gasteiger partial charge in [0.25, 0.3) is 5.91 Å². The van der Waals surface area contributed by atoms with Crippen molar-refractivity contribution in [2.45, 2.75) is 45.6 Å². The van der Waals surface area contributed by atoms with Crippen molar-refractivity contribution in [3.05, 3.63) is 136 Å². The van der Waals surface area contributed by atoms with Gasteiger partial charge in [-0.2, -0.15) is 0 Å². The molecule has 1 aliphatic rings. The molecular formula is C45H51N5O7. The molecular weight excluding hydrogens is 723 g/mol. The molecule has 2 amide bonds. The molecule has 2 aromatic heterocycles. The summed E-state index contributed by atoms with van der Waals surface area (Å²) in [6.45, 7) is 8.37. The van der Waals surface area contributed by atoms with Crippen LogP contribution in [0.25, 0.3) is 21.8 Å². The molecule has 0 fully saturated rings. The van der Waals surface area contributed by atoms with Gasteiger partial charge in [0.15, 0.2) is 0 Å². The Hall–Kier alpha value is -5.50. The number of para-hydroxylation sites is 1. The molecule has 0 spiro atoms. The van der Waals surface area contributed by atoms with E-state index in [-0.39, 0.29) is 30.0 Å². The third-order valence-electron chi connectivity index (χ3n) is 10.1. The van der Waals surface area contributed by atoms with Crippen LogP contribution in [0.15, 0.2) is 97.2 Å². The van der Waals surface area contributed by atoms with Crippen LogP contribution in [0, 0.1) is 0 Å². The van der Waals surface area contributed by atoms with E-state index in [0.717, 1.165) is 55.3 Å². The maximum absolute atomic E-state index is 12.9. The Morgan fingerprint density at radius 2 is 1.53 bits per heavy atom. The van der Waals surface area contributed by atoms with Crippen molar-refractivity contribution >= 4 is 33.6 Å². The summed E-state index contributed by atoms with van der Waals surface area (Å²) in [5, 5.41) is 22.2. The first-order chi connectivity index (χ1) is 28.0. The van der Waals surface area contributed by atoms with Crippen LogP contribution in [0.1, 0.15) is 63.3 Å². The van der Waals surface area contributed by atoms with Crippen LogP contribution in [0.5, 0.6) is 5.75 Å². The first kappa shape index (κ1) is 39.7. The fourth-order valence-electron chi connectivity index (χ4n) is 7.30. The van der Waals surface area contributed by atoms with Gasteiger partial charge in [-0.25, -0.2) is 0 Å². The number of hydrogen-bond acceptors (Lipinski definition) is 8. The van der Waals surface area contributed by atoms with Gasteiger partial charge in [0.05, 0.1) is 52.3 Å². The van der Waals surface area contributed by atoms with Crippen molar-refractivity contribution in [3.63, 3.8) is 0 Å². The molecule has 0 aliphatic carbocycles. The Morgan fingerprint density at radius 1 is 0.772 bits per heavy atom. The van der Waals surface area contributed by atoms with Gasteiger partial charge < -0.3 is 49.6 Å². The zero-order valence-electron chi connectivity index (χ0n) is 32.4. The van der Waals surface area contributed by atoms with Crippen LogP contribution in [-0.2, 0) is 49.9 Å². The lowest BCUT2D eigenvalue weighted by molar-refractivity contribution is -0.122. The molecule has 3 heterocycles. The Bertz CT molecular complexity index is 2280. The van der Waals surface area contributed by atoms with E-state index >= 15 is 0 Å². The Kier molecular flexibility index (Phi) is 13.6. The predicted octanol–water partition coefficient (Wildman–Crippen LogP) is 6.09. The second-order valence-corrected chi connectivity index (χ2v) is 14.1. The monoisotopic (exact) mass is 773 g/mol. The lowest BCUT2D eigenvalue weighted by Crippen LogP contribution is -2.24. The molecule has 0 saturated carbocycles. The molecule has 1 atom stereocenters. The number of ether oxygens (including phenoxy) is 4. The Balaban J connectivity index is 0.894. The van der Waals surface area contributed by atoms with Gasteiger partial charge in [0.2, 0.25) is 5.91 Å². The minimum Gasteiger partial charge on any atom is -0.508 e. The minimum absolute atomic E-state index is 0.0572. The zero-order valence-corrected chi connectivity index (χ0v) is 32.4. The molecule has 12 nitrogen and oxygen atoms in total. The van der Waals surface area contributed by atoms with Crippen molar-refractivity contribution in [3.8, 4) is 5.75 Å². The predicted molar refractivity (Wildman–Crippen MR) is 219 cm³/mol. The first-order valence-electron chi connectivity index (χ1n) is 19.6. The number of nitrogens with one attached hydrogen (secondary N) is 4. The summed E-state index contributed by atoms with van der Waals surface area (Å²) in [4.78, 5) is 28.9. The van der Waals surface area contributed by atoms with E-state index in [0.29, 0.717) is 84.6 Å². The van der Waals surface area contributed by atoms with E-state index in [2.05, 4.69) is 74.2 Å². The number of amides is 2. The van der Waals surface area contributed by atoms with E-state index in [4.69, 9.17) is 18.9 Å². The highest BCUT2D eigenvalue weighted by molar-refractivity contribution is 6.01. The van der Waals surface area contributed by atoms with Crippen molar-refractivity contribution in [1.82, 2.24) is 25.5 Å². The number of phenols is 1. The van der Waals surface area contributed by atoms with E-state index < -0.39 is 0 Å². The smallest absolute Gasteiger partial charge is 0.252 e. The standard InChI is InChI=1S/C45H51N5O7/c1-2-54-18-19-56-22-23-57-21-20-55-17-15-42(52)47-28-31-6-5-7-33(24-31)30-50-16-14-34-11-10-32(25-41(34)50)27-46-29-40-43(37-8-3-4-9-39(37)48-40)44-38-26-35(51)12-13-36(38)45(53)49-44/h3-14,16,24-26,44,46,48,51H,2,15,17-23,27-30H2,1H3,(H,47,52)(H,49,53). The second-order valence-electron chi connectivity index (χ2n) is 14.1. The maximum Gasteiger partial charge on any atom is 0.252 e. The van der Waals surface area contributed by atoms with Crippen LogP contribution in [0.2, 0.25) is 0 Å². The average molecular weight is 774 g/mol. The lowest BCUT2D eigenvalue weighted by Gasteiger charge is -2.15. The van der Waals surface area contributed by atoms with Gasteiger partial charge >= 0.3 is 0 Å². The van der Waals surface area contributed by atoms with Gasteiger partial charge in [-0.15, -0.1) is 0 Å². The third-order valence-corrected chi connectivity index (χ3v) is 10.1. The number of carbonyl (C=O) groups excluding carboxylic acids is 2. The average Bonchev–Trinajstić information content (AvgIpc) is 3.89. The maximum atomic E-state index is 12.9. The minimum atomic E-state index is -0.370. The SMILES string of the molecule is CCOCCOCCOCCOCCC(=O)NCc1cccc(Cn2ccc3ccc(CNCc4[nH]c5ccccc5c4C4NC(=O)c5ccc(O)cc54)cc32)c1. The molecule has 4 aromatic carbocycles. The molecule has 7 rings (SSSR count). The number of fused-ring (bicyclic) bond motifs is 3. The van der Waals surface area contributed by atoms with Crippen molar-refractivity contribution in [1.29, 1.82) is 0 Å². The first-order valence-corrected chi connectivity index (χ1v) is 19.6. The van der Waals surface area contributed by atoms with Gasteiger partial charge in [-0.1, -0.05) is 54.6 Å². The molecule has 1 aliphatic heterocycles. The number of nitrogens with zero attached hydrogens (tertiary/aromatic N) is 1. The summed E-state index contributed by atoms with van der Waals surface area (Å²) in [7, 11) is 0. The van der Waals surface area contributed by atoms with Gasteiger partial charge in [-0.05, 0) is 71.0 Å². The molecule has 1 unspecified atom stereocenters. The molecule has 5 N–H and O–H groups in total. The summed E-state index contributed by atoms with van der Waals surface area (Å²) in [6.07, 6.45) is 2.40. The van der Waals surface area contributed by atoms with Crippen LogP contribution < -0.4 is 16.0 Å². The number of phenolic OH excluding ortho intramolecular Hbond substituents is 1.